The minimum absolute atomic E-state index is 0.00511. The fourth-order valence-electron chi connectivity index (χ4n) is 3.12. The molecule has 0 aliphatic rings. The van der Waals surface area contributed by atoms with E-state index < -0.39 is 47.9 Å². The fraction of sp³-hybridized carbons (Fsp3) is 0.619. The maximum absolute atomic E-state index is 12.8. The quantitative estimate of drug-likeness (QED) is 0.0756. The number of hydrogen-bond acceptors (Lipinski definition) is 7. The number of carbonyl (C=O) groups excluding carboxylic acids is 3. The van der Waals surface area contributed by atoms with E-state index in [-0.39, 0.29) is 18.3 Å². The monoisotopic (exact) mass is 495 g/mol. The number of aliphatic carboxylic acids is 1. The summed E-state index contributed by atoms with van der Waals surface area (Å²) in [5.74, 6) is -3.01. The second kappa shape index (κ2) is 14.6. The van der Waals surface area contributed by atoms with E-state index in [1.165, 1.54) is 19.4 Å². The summed E-state index contributed by atoms with van der Waals surface area (Å²) < 4.78 is 0. The number of carboxylic acid groups (broad SMARTS) is 1. The lowest BCUT2D eigenvalue weighted by Gasteiger charge is -2.24. The number of aromatic amines is 1. The molecule has 0 saturated heterocycles. The Balaban J connectivity index is 2.70. The van der Waals surface area contributed by atoms with Crippen LogP contribution in [0.3, 0.4) is 0 Å². The molecular formula is C21H37N9O5. The molecule has 0 saturated carbocycles. The topological polar surface area (TPSA) is 244 Å². The highest BCUT2D eigenvalue weighted by Crippen LogP contribution is 2.07. The predicted molar refractivity (Wildman–Crippen MR) is 129 cm³/mol. The zero-order valence-electron chi connectivity index (χ0n) is 20.3. The molecular weight excluding hydrogens is 458 g/mol. The second-order valence-electron chi connectivity index (χ2n) is 8.66. The summed E-state index contributed by atoms with van der Waals surface area (Å²) >= 11 is 0. The third kappa shape index (κ3) is 11.3. The van der Waals surface area contributed by atoms with Crippen LogP contribution in [0.1, 0.15) is 45.7 Å². The largest absolute Gasteiger partial charge is 0.480 e. The number of guanidine groups is 1. The van der Waals surface area contributed by atoms with E-state index in [1.54, 1.807) is 0 Å². The van der Waals surface area contributed by atoms with E-state index in [4.69, 9.17) is 17.2 Å². The SMILES string of the molecule is CC(C)CC(NC(=O)C(N)CCCN=C(N)N)C(=O)NC(C)C(=O)NC(Cc1cnc[nH]1)C(=O)O. The molecule has 0 fully saturated rings. The van der Waals surface area contributed by atoms with E-state index in [0.717, 1.165) is 0 Å². The molecule has 35 heavy (non-hydrogen) atoms. The van der Waals surface area contributed by atoms with Crippen molar-refractivity contribution in [3.8, 4) is 0 Å². The van der Waals surface area contributed by atoms with E-state index >= 15 is 0 Å². The zero-order valence-corrected chi connectivity index (χ0v) is 20.3. The highest BCUT2D eigenvalue weighted by atomic mass is 16.4. The maximum atomic E-state index is 12.8. The van der Waals surface area contributed by atoms with E-state index in [1.807, 2.05) is 13.8 Å². The van der Waals surface area contributed by atoms with Gasteiger partial charge in [0.15, 0.2) is 5.96 Å². The Labute approximate surface area is 203 Å². The average molecular weight is 496 g/mol. The molecule has 0 aliphatic heterocycles. The summed E-state index contributed by atoms with van der Waals surface area (Å²) in [7, 11) is 0. The Bertz CT molecular complexity index is 869. The minimum atomic E-state index is -1.23. The first kappa shape index (κ1) is 29.4. The van der Waals surface area contributed by atoms with Gasteiger partial charge in [0.25, 0.3) is 0 Å². The molecule has 196 valence electrons. The van der Waals surface area contributed by atoms with Crippen molar-refractivity contribution in [2.75, 3.05) is 6.54 Å². The Morgan fingerprint density at radius 2 is 1.71 bits per heavy atom. The summed E-state index contributed by atoms with van der Waals surface area (Å²) in [5.41, 5.74) is 17.0. The molecule has 0 bridgehead atoms. The zero-order chi connectivity index (χ0) is 26.5. The molecule has 0 spiro atoms. The number of H-pyrrole nitrogens is 1. The highest BCUT2D eigenvalue weighted by Gasteiger charge is 2.29. The van der Waals surface area contributed by atoms with E-state index in [0.29, 0.717) is 31.5 Å². The van der Waals surface area contributed by atoms with Crippen LogP contribution in [0.25, 0.3) is 0 Å². The van der Waals surface area contributed by atoms with E-state index in [9.17, 15) is 24.3 Å². The van der Waals surface area contributed by atoms with Crippen LogP contribution >= 0.6 is 0 Å². The van der Waals surface area contributed by atoms with Crippen molar-refractivity contribution in [2.45, 2.75) is 70.6 Å². The summed E-state index contributed by atoms with van der Waals surface area (Å²) in [4.78, 5) is 59.8. The first-order valence-corrected chi connectivity index (χ1v) is 11.3. The van der Waals surface area contributed by atoms with Gasteiger partial charge in [-0.25, -0.2) is 9.78 Å². The number of hydrogen-bond donors (Lipinski definition) is 8. The van der Waals surface area contributed by atoms with E-state index in [2.05, 4.69) is 30.9 Å². The van der Waals surface area contributed by atoms with Crippen LogP contribution in [0.15, 0.2) is 17.5 Å². The average Bonchev–Trinajstić information content (AvgIpc) is 3.28. The number of nitrogens with one attached hydrogen (secondary N) is 4. The smallest absolute Gasteiger partial charge is 0.326 e. The molecule has 0 aliphatic carbocycles. The fourth-order valence-corrected chi connectivity index (χ4v) is 3.12. The van der Waals surface area contributed by atoms with Gasteiger partial charge in [-0.1, -0.05) is 13.8 Å². The van der Waals surface area contributed by atoms with Gasteiger partial charge in [0.05, 0.1) is 12.4 Å². The van der Waals surface area contributed by atoms with Gasteiger partial charge in [-0.15, -0.1) is 0 Å². The van der Waals surface area contributed by atoms with Crippen LogP contribution in [0.2, 0.25) is 0 Å². The summed E-state index contributed by atoms with van der Waals surface area (Å²) in [6.07, 6.45) is 3.95. The number of carbonyl (C=O) groups is 4. The predicted octanol–water partition coefficient (Wildman–Crippen LogP) is -2.06. The normalized spacial score (nSPS) is 14.3. The number of nitrogens with zero attached hydrogens (tertiary/aromatic N) is 2. The number of carboxylic acids is 1. The van der Waals surface area contributed by atoms with Crippen molar-refractivity contribution in [1.29, 1.82) is 0 Å². The standard InChI is InChI=1S/C21H37N9O5/c1-11(2)7-15(29-18(32)14(22)5-4-6-26-21(23)24)19(33)28-12(3)17(31)30-16(20(34)35)8-13-9-25-10-27-13/h9-12,14-16H,4-8,22H2,1-3H3,(H,25,27)(H,28,33)(H,29,32)(H,30,31)(H,34,35)(H4,23,24,26). The minimum Gasteiger partial charge on any atom is -0.480 e. The summed E-state index contributed by atoms with van der Waals surface area (Å²) in [6, 6.07) is -4.07. The van der Waals surface area contributed by atoms with Crippen LogP contribution in [-0.4, -0.2) is 75.4 Å². The molecule has 4 unspecified atom stereocenters. The summed E-state index contributed by atoms with van der Waals surface area (Å²) in [6.45, 7) is 5.50. The Morgan fingerprint density at radius 1 is 1.06 bits per heavy atom. The van der Waals surface area contributed by atoms with Crippen LogP contribution in [0, 0.1) is 5.92 Å². The molecule has 1 aromatic heterocycles. The third-order valence-corrected chi connectivity index (χ3v) is 4.99. The van der Waals surface area contributed by atoms with Crippen molar-refractivity contribution < 1.29 is 24.3 Å². The number of amides is 3. The molecule has 14 heteroatoms. The molecule has 0 aromatic carbocycles. The molecule has 1 aromatic rings. The molecule has 1 heterocycles. The van der Waals surface area contributed by atoms with Crippen LogP contribution < -0.4 is 33.2 Å². The number of aromatic nitrogens is 2. The van der Waals surface area contributed by atoms with Crippen molar-refractivity contribution in [3.05, 3.63) is 18.2 Å². The first-order chi connectivity index (χ1) is 16.4. The van der Waals surface area contributed by atoms with Crippen LogP contribution in [-0.2, 0) is 25.6 Å². The Morgan fingerprint density at radius 3 is 2.26 bits per heavy atom. The van der Waals surface area contributed by atoms with Gasteiger partial charge in [-0.05, 0) is 32.1 Å². The molecule has 14 nitrogen and oxygen atoms in total. The van der Waals surface area contributed by atoms with Crippen molar-refractivity contribution >= 4 is 29.7 Å². The van der Waals surface area contributed by atoms with Gasteiger partial charge in [0.2, 0.25) is 17.7 Å². The van der Waals surface area contributed by atoms with Gasteiger partial charge in [-0.3, -0.25) is 19.4 Å². The lowest BCUT2D eigenvalue weighted by molar-refractivity contribution is -0.142. The molecule has 4 atom stereocenters. The van der Waals surface area contributed by atoms with Crippen molar-refractivity contribution in [3.63, 3.8) is 0 Å². The maximum Gasteiger partial charge on any atom is 0.326 e. The molecule has 3 amide bonds. The highest BCUT2D eigenvalue weighted by molar-refractivity contribution is 5.93. The number of rotatable bonds is 15. The number of nitrogens with two attached hydrogens (primary N) is 3. The van der Waals surface area contributed by atoms with Gasteiger partial charge in [0, 0.05) is 24.9 Å². The summed E-state index contributed by atoms with van der Waals surface area (Å²) in [5, 5.41) is 17.0. The van der Waals surface area contributed by atoms with Crippen molar-refractivity contribution in [2.24, 2.45) is 28.1 Å². The Kier molecular flexibility index (Phi) is 12.2. The van der Waals surface area contributed by atoms with Crippen LogP contribution in [0.5, 0.6) is 0 Å². The lowest BCUT2D eigenvalue weighted by Crippen LogP contribution is -2.56. The second-order valence-corrected chi connectivity index (χ2v) is 8.66. The molecule has 11 N–H and O–H groups in total. The molecule has 0 radical (unpaired) electrons. The van der Waals surface area contributed by atoms with Gasteiger partial charge >= 0.3 is 5.97 Å². The van der Waals surface area contributed by atoms with Gasteiger partial charge < -0.3 is 43.2 Å². The van der Waals surface area contributed by atoms with Gasteiger partial charge in [-0.2, -0.15) is 0 Å². The molecule has 1 rings (SSSR count). The third-order valence-electron chi connectivity index (χ3n) is 4.99. The number of imidazole rings is 1. The Hall–Kier alpha value is -3.68. The van der Waals surface area contributed by atoms with Crippen LogP contribution in [0.4, 0.5) is 0 Å². The van der Waals surface area contributed by atoms with Gasteiger partial charge in [0.1, 0.15) is 18.1 Å². The van der Waals surface area contributed by atoms with Crippen molar-refractivity contribution in [1.82, 2.24) is 25.9 Å². The lowest BCUT2D eigenvalue weighted by atomic mass is 10.0. The first-order valence-electron chi connectivity index (χ1n) is 11.3. The number of aliphatic imine (C=N–C) groups is 1.